The standard InChI is InChI=1S/C23H27N3O5S/c1-25(18-9-3-2-4-10-18)32(29,30)19-11-7-8-17(16-19)22(27)24-20-12-5-6-13-21(20)26-14-15-31-23(26)28/h5-8,11-13,16,18H,2-4,9-10,14-15H2,1H3,(H,24,27). The Morgan fingerprint density at radius 3 is 2.56 bits per heavy atom. The molecule has 2 amide bonds. The van der Waals surface area contributed by atoms with E-state index in [1.165, 1.54) is 21.3 Å². The van der Waals surface area contributed by atoms with Crippen LogP contribution >= 0.6 is 0 Å². The summed E-state index contributed by atoms with van der Waals surface area (Å²) < 4.78 is 32.8. The van der Waals surface area contributed by atoms with Crippen molar-refractivity contribution in [3.8, 4) is 0 Å². The Morgan fingerprint density at radius 1 is 1.09 bits per heavy atom. The van der Waals surface area contributed by atoms with Gasteiger partial charge in [-0.05, 0) is 43.2 Å². The number of nitrogens with zero attached hydrogens (tertiary/aromatic N) is 2. The van der Waals surface area contributed by atoms with Crippen molar-refractivity contribution >= 4 is 33.4 Å². The van der Waals surface area contributed by atoms with Crippen LogP contribution in [-0.2, 0) is 14.8 Å². The normalized spacial score (nSPS) is 17.4. The zero-order valence-corrected chi connectivity index (χ0v) is 18.8. The van der Waals surface area contributed by atoms with Crippen molar-refractivity contribution < 1.29 is 22.7 Å². The third kappa shape index (κ3) is 4.49. The van der Waals surface area contributed by atoms with Crippen molar-refractivity contribution in [2.24, 2.45) is 0 Å². The molecule has 9 heteroatoms. The molecule has 4 rings (SSSR count). The molecule has 0 radical (unpaired) electrons. The summed E-state index contributed by atoms with van der Waals surface area (Å²) in [5.74, 6) is -0.456. The van der Waals surface area contributed by atoms with Gasteiger partial charge in [0.1, 0.15) is 6.61 Å². The van der Waals surface area contributed by atoms with Gasteiger partial charge in [0.05, 0.1) is 22.8 Å². The number of para-hydroxylation sites is 2. The highest BCUT2D eigenvalue weighted by molar-refractivity contribution is 7.89. The average Bonchev–Trinajstić information content (AvgIpc) is 3.25. The van der Waals surface area contributed by atoms with Gasteiger partial charge in [0.15, 0.2) is 0 Å². The number of anilines is 2. The van der Waals surface area contributed by atoms with Gasteiger partial charge in [0.25, 0.3) is 5.91 Å². The van der Waals surface area contributed by atoms with Gasteiger partial charge in [-0.25, -0.2) is 13.2 Å². The number of carbonyl (C=O) groups excluding carboxylic acids is 2. The second-order valence-corrected chi connectivity index (χ2v) is 10.1. The monoisotopic (exact) mass is 457 g/mol. The summed E-state index contributed by atoms with van der Waals surface area (Å²) in [5, 5.41) is 2.80. The number of nitrogens with one attached hydrogen (secondary N) is 1. The molecule has 8 nitrogen and oxygen atoms in total. The fraction of sp³-hybridized carbons (Fsp3) is 0.391. The highest BCUT2D eigenvalue weighted by atomic mass is 32.2. The first-order valence-corrected chi connectivity index (χ1v) is 12.2. The Bertz CT molecular complexity index is 1110. The number of carbonyl (C=O) groups is 2. The Morgan fingerprint density at radius 2 is 1.84 bits per heavy atom. The third-order valence-electron chi connectivity index (χ3n) is 6.07. The van der Waals surface area contributed by atoms with Crippen LogP contribution in [0.2, 0.25) is 0 Å². The van der Waals surface area contributed by atoms with Crippen LogP contribution in [0.5, 0.6) is 0 Å². The molecule has 1 N–H and O–H groups in total. The lowest BCUT2D eigenvalue weighted by molar-refractivity contribution is 0.102. The first-order chi connectivity index (χ1) is 15.4. The molecule has 2 aromatic rings. The summed E-state index contributed by atoms with van der Waals surface area (Å²) in [6.45, 7) is 0.683. The molecule has 2 fully saturated rings. The molecule has 0 aromatic heterocycles. The Hall–Kier alpha value is -2.91. The molecule has 0 unspecified atom stereocenters. The summed E-state index contributed by atoms with van der Waals surface area (Å²) in [6.07, 6.45) is 4.42. The third-order valence-corrected chi connectivity index (χ3v) is 7.97. The zero-order chi connectivity index (χ0) is 22.7. The maximum absolute atomic E-state index is 13.2. The van der Waals surface area contributed by atoms with E-state index in [9.17, 15) is 18.0 Å². The molecule has 0 spiro atoms. The van der Waals surface area contributed by atoms with E-state index in [1.807, 2.05) is 0 Å². The largest absolute Gasteiger partial charge is 0.447 e. The smallest absolute Gasteiger partial charge is 0.414 e. The van der Waals surface area contributed by atoms with E-state index < -0.39 is 22.0 Å². The molecule has 0 bridgehead atoms. The molecule has 0 atom stereocenters. The number of hydrogen-bond donors (Lipinski definition) is 1. The van der Waals surface area contributed by atoms with Gasteiger partial charge in [0, 0.05) is 18.7 Å². The minimum atomic E-state index is -3.71. The maximum atomic E-state index is 13.2. The summed E-state index contributed by atoms with van der Waals surface area (Å²) in [4.78, 5) is 26.5. The van der Waals surface area contributed by atoms with Crippen LogP contribution in [-0.4, -0.2) is 51.0 Å². The number of rotatable bonds is 6. The quantitative estimate of drug-likeness (QED) is 0.711. The molecule has 1 aliphatic heterocycles. The lowest BCUT2D eigenvalue weighted by atomic mass is 9.96. The van der Waals surface area contributed by atoms with Gasteiger partial charge in [-0.1, -0.05) is 37.5 Å². The first-order valence-electron chi connectivity index (χ1n) is 10.8. The van der Waals surface area contributed by atoms with E-state index in [0.29, 0.717) is 17.9 Å². The van der Waals surface area contributed by atoms with Crippen LogP contribution in [0.25, 0.3) is 0 Å². The number of sulfonamides is 1. The second-order valence-electron chi connectivity index (χ2n) is 8.08. The van der Waals surface area contributed by atoms with Crippen molar-refractivity contribution in [1.82, 2.24) is 4.31 Å². The summed E-state index contributed by atoms with van der Waals surface area (Å²) in [6, 6.07) is 13.0. The van der Waals surface area contributed by atoms with Crippen molar-refractivity contribution in [3.05, 3.63) is 54.1 Å². The van der Waals surface area contributed by atoms with Gasteiger partial charge in [0.2, 0.25) is 10.0 Å². The molecule has 170 valence electrons. The maximum Gasteiger partial charge on any atom is 0.414 e. The lowest BCUT2D eigenvalue weighted by Gasteiger charge is -2.30. The molecular weight excluding hydrogens is 430 g/mol. The van der Waals surface area contributed by atoms with Crippen molar-refractivity contribution in [2.45, 2.75) is 43.0 Å². The highest BCUT2D eigenvalue weighted by Gasteiger charge is 2.30. The van der Waals surface area contributed by atoms with E-state index in [2.05, 4.69) is 5.32 Å². The zero-order valence-electron chi connectivity index (χ0n) is 18.0. The Kier molecular flexibility index (Phi) is 6.48. The van der Waals surface area contributed by atoms with Crippen molar-refractivity contribution in [3.63, 3.8) is 0 Å². The van der Waals surface area contributed by atoms with Crippen molar-refractivity contribution in [1.29, 1.82) is 0 Å². The SMILES string of the molecule is CN(C1CCCCC1)S(=O)(=O)c1cccc(C(=O)Nc2ccccc2N2CCOC2=O)c1. The molecule has 2 aromatic carbocycles. The number of hydrogen-bond acceptors (Lipinski definition) is 5. The number of amides is 2. The van der Waals surface area contributed by atoms with E-state index in [1.54, 1.807) is 43.4 Å². The number of benzene rings is 2. The summed E-state index contributed by atoms with van der Waals surface area (Å²) >= 11 is 0. The van der Waals surface area contributed by atoms with Crippen LogP contribution in [0.1, 0.15) is 42.5 Å². The van der Waals surface area contributed by atoms with Gasteiger partial charge in [-0.3, -0.25) is 9.69 Å². The van der Waals surface area contributed by atoms with E-state index in [0.717, 1.165) is 32.1 Å². The predicted molar refractivity (Wildman–Crippen MR) is 121 cm³/mol. The Balaban J connectivity index is 1.55. The van der Waals surface area contributed by atoms with Gasteiger partial charge in [-0.2, -0.15) is 4.31 Å². The molecule has 1 saturated heterocycles. The molecule has 1 aliphatic carbocycles. The molecular formula is C23H27N3O5S. The van der Waals surface area contributed by atoms with Crippen LogP contribution in [0.4, 0.5) is 16.2 Å². The fourth-order valence-electron chi connectivity index (χ4n) is 4.23. The highest BCUT2D eigenvalue weighted by Crippen LogP contribution is 2.29. The molecule has 32 heavy (non-hydrogen) atoms. The summed E-state index contributed by atoms with van der Waals surface area (Å²) in [5.41, 5.74) is 1.20. The van der Waals surface area contributed by atoms with Crippen LogP contribution in [0.15, 0.2) is 53.4 Å². The predicted octanol–water partition coefficient (Wildman–Crippen LogP) is 3.85. The van der Waals surface area contributed by atoms with Crippen LogP contribution < -0.4 is 10.2 Å². The van der Waals surface area contributed by atoms with Crippen LogP contribution in [0, 0.1) is 0 Å². The number of cyclic esters (lactones) is 1. The molecule has 1 heterocycles. The van der Waals surface area contributed by atoms with Crippen LogP contribution in [0.3, 0.4) is 0 Å². The summed E-state index contributed by atoms with van der Waals surface area (Å²) in [7, 11) is -2.10. The topological polar surface area (TPSA) is 96.0 Å². The van der Waals surface area contributed by atoms with Gasteiger partial charge >= 0.3 is 6.09 Å². The minimum Gasteiger partial charge on any atom is -0.447 e. The van der Waals surface area contributed by atoms with E-state index in [-0.39, 0.29) is 23.1 Å². The fourth-order valence-corrected chi connectivity index (χ4v) is 5.69. The van der Waals surface area contributed by atoms with Gasteiger partial charge in [-0.15, -0.1) is 0 Å². The Labute approximate surface area is 188 Å². The molecule has 2 aliphatic rings. The van der Waals surface area contributed by atoms with E-state index >= 15 is 0 Å². The average molecular weight is 458 g/mol. The van der Waals surface area contributed by atoms with Gasteiger partial charge < -0.3 is 10.1 Å². The molecule has 1 saturated carbocycles. The minimum absolute atomic E-state index is 0.0154. The number of ether oxygens (including phenoxy) is 1. The van der Waals surface area contributed by atoms with E-state index in [4.69, 9.17) is 4.74 Å². The first kappa shape index (κ1) is 22.3. The van der Waals surface area contributed by atoms with Crippen molar-refractivity contribution in [2.75, 3.05) is 30.4 Å². The second kappa shape index (κ2) is 9.30. The lowest BCUT2D eigenvalue weighted by Crippen LogP contribution is -2.38.